The van der Waals surface area contributed by atoms with Crippen molar-refractivity contribution in [3.8, 4) is 0 Å². The number of imidazole rings is 1. The molecule has 0 bridgehead atoms. The molecular weight excluding hydrogens is 338 g/mol. The first-order chi connectivity index (χ1) is 13.1. The number of aryl methyl sites for hydroxylation is 1. The second kappa shape index (κ2) is 7.39. The highest BCUT2D eigenvalue weighted by atomic mass is 16.2. The summed E-state index contributed by atoms with van der Waals surface area (Å²) in [6.07, 6.45) is 6.47. The number of urea groups is 1. The Morgan fingerprint density at radius 3 is 2.93 bits per heavy atom. The van der Waals surface area contributed by atoms with E-state index in [1.807, 2.05) is 29.3 Å². The van der Waals surface area contributed by atoms with E-state index >= 15 is 0 Å². The fourth-order valence-corrected chi connectivity index (χ4v) is 3.35. The smallest absolute Gasteiger partial charge is 0.318 e. The average molecular weight is 363 g/mol. The molecule has 1 saturated carbocycles. The number of aromatic nitrogens is 3. The summed E-state index contributed by atoms with van der Waals surface area (Å²) in [5.41, 5.74) is 4.17. The Balaban J connectivity index is 1.51. The molecule has 1 aliphatic rings. The molecule has 2 aromatic heterocycles. The van der Waals surface area contributed by atoms with Crippen molar-refractivity contribution in [2.75, 3.05) is 0 Å². The van der Waals surface area contributed by atoms with Crippen LogP contribution in [-0.2, 0) is 6.54 Å². The number of hydrogen-bond donors (Lipinski definition) is 2. The topological polar surface area (TPSA) is 73.9 Å². The number of aromatic amines is 1. The van der Waals surface area contributed by atoms with Crippen molar-refractivity contribution in [2.45, 2.75) is 51.7 Å². The molecule has 140 valence electrons. The van der Waals surface area contributed by atoms with E-state index in [-0.39, 0.29) is 12.1 Å². The molecule has 27 heavy (non-hydrogen) atoms. The summed E-state index contributed by atoms with van der Waals surface area (Å²) in [5.74, 6) is 0.809. The molecule has 2 heterocycles. The first-order valence-electron chi connectivity index (χ1n) is 9.56. The summed E-state index contributed by atoms with van der Waals surface area (Å²) in [6, 6.07) is 10.2. The van der Waals surface area contributed by atoms with E-state index in [2.05, 4.69) is 46.2 Å². The van der Waals surface area contributed by atoms with E-state index in [9.17, 15) is 4.79 Å². The van der Waals surface area contributed by atoms with Gasteiger partial charge >= 0.3 is 6.03 Å². The Hall–Kier alpha value is -2.89. The summed E-state index contributed by atoms with van der Waals surface area (Å²) in [5, 5.41) is 3.17. The summed E-state index contributed by atoms with van der Waals surface area (Å²) in [6.45, 7) is 4.71. The highest BCUT2D eigenvalue weighted by molar-refractivity contribution is 5.77. The van der Waals surface area contributed by atoms with Gasteiger partial charge in [-0.1, -0.05) is 19.1 Å². The van der Waals surface area contributed by atoms with Gasteiger partial charge in [-0.05, 0) is 55.5 Å². The Labute approximate surface area is 159 Å². The van der Waals surface area contributed by atoms with E-state index in [1.54, 1.807) is 6.20 Å². The number of amides is 2. The van der Waals surface area contributed by atoms with Crippen LogP contribution >= 0.6 is 0 Å². The highest BCUT2D eigenvalue weighted by Crippen LogP contribution is 2.29. The Morgan fingerprint density at radius 2 is 2.22 bits per heavy atom. The van der Waals surface area contributed by atoms with Gasteiger partial charge in [0.25, 0.3) is 0 Å². The van der Waals surface area contributed by atoms with Gasteiger partial charge in [-0.15, -0.1) is 0 Å². The van der Waals surface area contributed by atoms with E-state index in [0.29, 0.717) is 12.6 Å². The van der Waals surface area contributed by atoms with Gasteiger partial charge in [0.05, 0.1) is 17.1 Å². The predicted octanol–water partition coefficient (Wildman–Crippen LogP) is 4.09. The number of carbonyl (C=O) groups is 1. The molecule has 2 amide bonds. The second-order valence-corrected chi connectivity index (χ2v) is 7.27. The van der Waals surface area contributed by atoms with E-state index in [1.165, 1.54) is 5.56 Å². The average Bonchev–Trinajstić information content (AvgIpc) is 3.43. The van der Waals surface area contributed by atoms with Crippen LogP contribution in [0, 0.1) is 6.92 Å². The highest BCUT2D eigenvalue weighted by Gasteiger charge is 2.33. The van der Waals surface area contributed by atoms with Crippen LogP contribution in [0.2, 0.25) is 0 Å². The zero-order valence-corrected chi connectivity index (χ0v) is 15.8. The molecule has 1 aliphatic carbocycles. The number of rotatable bonds is 6. The van der Waals surface area contributed by atoms with Gasteiger partial charge in [0.2, 0.25) is 0 Å². The first kappa shape index (κ1) is 17.5. The summed E-state index contributed by atoms with van der Waals surface area (Å²) < 4.78 is 0. The molecule has 2 N–H and O–H groups in total. The lowest BCUT2D eigenvalue weighted by atomic mass is 10.2. The van der Waals surface area contributed by atoms with Crippen LogP contribution in [0.4, 0.5) is 4.79 Å². The van der Waals surface area contributed by atoms with Crippen molar-refractivity contribution in [3.05, 3.63) is 59.7 Å². The van der Waals surface area contributed by atoms with Crippen molar-refractivity contribution in [1.29, 1.82) is 0 Å². The molecule has 3 aromatic rings. The molecule has 0 aliphatic heterocycles. The van der Waals surface area contributed by atoms with Crippen LogP contribution in [-0.4, -0.2) is 31.9 Å². The zero-order chi connectivity index (χ0) is 18.8. The molecule has 1 atom stereocenters. The van der Waals surface area contributed by atoms with Gasteiger partial charge in [-0.3, -0.25) is 4.98 Å². The fraction of sp³-hybridized carbons (Fsp3) is 0.381. The van der Waals surface area contributed by atoms with Crippen molar-refractivity contribution < 1.29 is 4.79 Å². The minimum absolute atomic E-state index is 0.0372. The third-order valence-corrected chi connectivity index (χ3v) is 5.02. The third-order valence-electron chi connectivity index (χ3n) is 5.02. The number of H-pyrrole nitrogens is 1. The number of carbonyl (C=O) groups excluding carboxylic acids is 1. The molecule has 0 unspecified atom stereocenters. The van der Waals surface area contributed by atoms with Crippen molar-refractivity contribution >= 4 is 17.1 Å². The van der Waals surface area contributed by atoms with Gasteiger partial charge in [0.1, 0.15) is 5.82 Å². The van der Waals surface area contributed by atoms with Crippen LogP contribution in [0.3, 0.4) is 0 Å². The molecule has 6 nitrogen and oxygen atoms in total. The third kappa shape index (κ3) is 3.94. The molecular formula is C21H25N5O. The van der Waals surface area contributed by atoms with Crippen molar-refractivity contribution in [1.82, 2.24) is 25.2 Å². The molecule has 0 radical (unpaired) electrons. The number of nitrogens with one attached hydrogen (secondary N) is 2. The maximum atomic E-state index is 13.0. The molecule has 1 aromatic carbocycles. The molecule has 1 fully saturated rings. The van der Waals surface area contributed by atoms with Crippen LogP contribution in [0.15, 0.2) is 42.7 Å². The number of benzene rings is 1. The van der Waals surface area contributed by atoms with Crippen LogP contribution in [0.25, 0.3) is 11.0 Å². The Bertz CT molecular complexity index is 932. The van der Waals surface area contributed by atoms with Gasteiger partial charge in [-0.25, -0.2) is 9.78 Å². The second-order valence-electron chi connectivity index (χ2n) is 7.27. The Kier molecular flexibility index (Phi) is 4.79. The van der Waals surface area contributed by atoms with E-state index < -0.39 is 0 Å². The van der Waals surface area contributed by atoms with Gasteiger partial charge < -0.3 is 15.2 Å². The minimum Gasteiger partial charge on any atom is -0.340 e. The normalized spacial score (nSPS) is 14.9. The maximum absolute atomic E-state index is 13.0. The molecule has 0 saturated heterocycles. The van der Waals surface area contributed by atoms with Crippen LogP contribution in [0.1, 0.15) is 49.2 Å². The maximum Gasteiger partial charge on any atom is 0.318 e. The van der Waals surface area contributed by atoms with Gasteiger partial charge in [0, 0.05) is 25.0 Å². The standard InChI is InChI=1S/C21H25N5O/c1-3-17(20-23-18-9-6-14(2)11-19(18)24-20)25-21(27)26(16-7-8-16)13-15-5-4-10-22-12-15/h4-6,9-12,16-17H,3,7-8,13H2,1-2H3,(H,23,24)(H,25,27)/t17-/m1/s1. The number of fused-ring (bicyclic) bond motifs is 1. The molecule has 4 rings (SSSR count). The van der Waals surface area contributed by atoms with E-state index in [0.717, 1.165) is 41.7 Å². The molecule has 0 spiro atoms. The predicted molar refractivity (Wildman–Crippen MR) is 105 cm³/mol. The summed E-state index contributed by atoms with van der Waals surface area (Å²) >= 11 is 0. The number of nitrogens with zero attached hydrogens (tertiary/aromatic N) is 3. The zero-order valence-electron chi connectivity index (χ0n) is 15.8. The first-order valence-corrected chi connectivity index (χ1v) is 9.56. The van der Waals surface area contributed by atoms with E-state index in [4.69, 9.17) is 0 Å². The summed E-state index contributed by atoms with van der Waals surface area (Å²) in [7, 11) is 0. The number of pyridine rings is 1. The van der Waals surface area contributed by atoms with Crippen molar-refractivity contribution in [2.24, 2.45) is 0 Å². The quantitative estimate of drug-likeness (QED) is 0.693. The lowest BCUT2D eigenvalue weighted by molar-refractivity contribution is 0.187. The fourth-order valence-electron chi connectivity index (χ4n) is 3.35. The molecule has 6 heteroatoms. The van der Waals surface area contributed by atoms with Gasteiger partial charge in [-0.2, -0.15) is 0 Å². The van der Waals surface area contributed by atoms with Crippen LogP contribution < -0.4 is 5.32 Å². The largest absolute Gasteiger partial charge is 0.340 e. The lowest BCUT2D eigenvalue weighted by Crippen LogP contribution is -2.42. The van der Waals surface area contributed by atoms with Crippen molar-refractivity contribution in [3.63, 3.8) is 0 Å². The van der Waals surface area contributed by atoms with Crippen LogP contribution in [0.5, 0.6) is 0 Å². The monoisotopic (exact) mass is 363 g/mol. The summed E-state index contributed by atoms with van der Waals surface area (Å²) in [4.78, 5) is 27.1. The Morgan fingerprint density at radius 1 is 1.37 bits per heavy atom. The SMILES string of the molecule is CC[C@@H](NC(=O)N(Cc1cccnc1)C1CC1)c1nc2ccc(C)cc2[nH]1. The number of hydrogen-bond acceptors (Lipinski definition) is 3. The lowest BCUT2D eigenvalue weighted by Gasteiger charge is -2.25. The van der Waals surface area contributed by atoms with Gasteiger partial charge in [0.15, 0.2) is 0 Å². The minimum atomic E-state index is -0.139.